The molecular formula is C12H22N2O3. The van der Waals surface area contributed by atoms with Gasteiger partial charge in [-0.1, -0.05) is 0 Å². The van der Waals surface area contributed by atoms with Crippen LogP contribution in [-0.2, 0) is 9.59 Å². The van der Waals surface area contributed by atoms with Crippen LogP contribution in [0.2, 0.25) is 0 Å². The first-order chi connectivity index (χ1) is 7.91. The summed E-state index contributed by atoms with van der Waals surface area (Å²) in [5.41, 5.74) is 5.62. The maximum absolute atomic E-state index is 11.9. The Morgan fingerprint density at radius 1 is 1.53 bits per heavy atom. The van der Waals surface area contributed by atoms with E-state index in [1.165, 1.54) is 0 Å². The van der Waals surface area contributed by atoms with Gasteiger partial charge < -0.3 is 15.7 Å². The molecule has 0 radical (unpaired) electrons. The number of nitrogens with zero attached hydrogens (tertiary/aromatic N) is 1. The highest BCUT2D eigenvalue weighted by Crippen LogP contribution is 2.23. The van der Waals surface area contributed by atoms with E-state index in [2.05, 4.69) is 0 Å². The number of carbonyl (C=O) groups excluding carboxylic acids is 1. The molecule has 1 aliphatic heterocycles. The Morgan fingerprint density at radius 2 is 2.18 bits per heavy atom. The molecule has 0 aromatic heterocycles. The molecule has 98 valence electrons. The number of amides is 1. The van der Waals surface area contributed by atoms with Gasteiger partial charge in [-0.3, -0.25) is 9.59 Å². The molecule has 0 aromatic rings. The quantitative estimate of drug-likeness (QED) is 0.764. The van der Waals surface area contributed by atoms with E-state index in [-0.39, 0.29) is 23.9 Å². The second-order valence-corrected chi connectivity index (χ2v) is 5.01. The molecule has 1 heterocycles. The number of rotatable bonds is 4. The lowest BCUT2D eigenvalue weighted by molar-refractivity contribution is -0.147. The fourth-order valence-corrected chi connectivity index (χ4v) is 2.26. The van der Waals surface area contributed by atoms with Gasteiger partial charge in [0.05, 0.1) is 5.92 Å². The van der Waals surface area contributed by atoms with Crippen molar-refractivity contribution in [3.8, 4) is 0 Å². The van der Waals surface area contributed by atoms with Crippen LogP contribution in [0.3, 0.4) is 0 Å². The van der Waals surface area contributed by atoms with Crippen molar-refractivity contribution in [1.29, 1.82) is 0 Å². The van der Waals surface area contributed by atoms with Gasteiger partial charge in [0.15, 0.2) is 0 Å². The van der Waals surface area contributed by atoms with Gasteiger partial charge >= 0.3 is 5.97 Å². The normalized spacial score (nSPS) is 26.6. The van der Waals surface area contributed by atoms with Gasteiger partial charge in [0, 0.05) is 25.0 Å². The minimum absolute atomic E-state index is 0.0189. The van der Waals surface area contributed by atoms with Crippen molar-refractivity contribution in [3.63, 3.8) is 0 Å². The molecule has 5 nitrogen and oxygen atoms in total. The third-order valence-corrected chi connectivity index (χ3v) is 3.36. The number of aliphatic carboxylic acids is 1. The number of piperidine rings is 1. The Balaban J connectivity index is 2.46. The van der Waals surface area contributed by atoms with E-state index in [1.54, 1.807) is 4.90 Å². The third kappa shape index (κ3) is 4.00. The highest BCUT2D eigenvalue weighted by molar-refractivity contribution is 5.77. The molecule has 1 rings (SSSR count). The lowest BCUT2D eigenvalue weighted by Gasteiger charge is -2.36. The van der Waals surface area contributed by atoms with E-state index in [0.29, 0.717) is 32.2 Å². The fraction of sp³-hybridized carbons (Fsp3) is 0.833. The molecule has 1 amide bonds. The van der Waals surface area contributed by atoms with Gasteiger partial charge in [0.2, 0.25) is 5.91 Å². The van der Waals surface area contributed by atoms with Crippen LogP contribution in [0.5, 0.6) is 0 Å². The minimum Gasteiger partial charge on any atom is -0.481 e. The summed E-state index contributed by atoms with van der Waals surface area (Å²) in [5.74, 6) is -0.958. The number of hydrogen-bond donors (Lipinski definition) is 2. The van der Waals surface area contributed by atoms with Crippen molar-refractivity contribution in [2.24, 2.45) is 11.7 Å². The van der Waals surface area contributed by atoms with Crippen LogP contribution in [0.25, 0.3) is 0 Å². The van der Waals surface area contributed by atoms with E-state index in [1.807, 2.05) is 13.8 Å². The average molecular weight is 242 g/mol. The minimum atomic E-state index is -0.750. The Hall–Kier alpha value is -1.10. The van der Waals surface area contributed by atoms with Crippen LogP contribution in [-0.4, -0.2) is 40.5 Å². The Bertz CT molecular complexity index is 291. The number of hydrogen-bond acceptors (Lipinski definition) is 3. The molecular weight excluding hydrogens is 220 g/mol. The number of likely N-dealkylation sites (tertiary alicyclic amines) is 1. The zero-order valence-electron chi connectivity index (χ0n) is 10.6. The van der Waals surface area contributed by atoms with Crippen molar-refractivity contribution >= 4 is 11.9 Å². The zero-order valence-corrected chi connectivity index (χ0v) is 10.6. The van der Waals surface area contributed by atoms with E-state index in [0.717, 1.165) is 0 Å². The number of carboxylic acids is 1. The van der Waals surface area contributed by atoms with Gasteiger partial charge in [-0.2, -0.15) is 0 Å². The van der Waals surface area contributed by atoms with Crippen LogP contribution in [0.4, 0.5) is 0 Å². The first-order valence-corrected chi connectivity index (χ1v) is 6.19. The summed E-state index contributed by atoms with van der Waals surface area (Å²) in [6.45, 7) is 4.35. The molecule has 0 saturated carbocycles. The highest BCUT2D eigenvalue weighted by Gasteiger charge is 2.31. The number of nitrogens with two attached hydrogens (primary N) is 1. The molecule has 3 N–H and O–H groups in total. The van der Waals surface area contributed by atoms with Crippen molar-refractivity contribution in [2.75, 3.05) is 6.54 Å². The van der Waals surface area contributed by atoms with Crippen molar-refractivity contribution in [3.05, 3.63) is 0 Å². The first-order valence-electron chi connectivity index (χ1n) is 6.19. The largest absolute Gasteiger partial charge is 0.481 e. The topological polar surface area (TPSA) is 83.6 Å². The smallest absolute Gasteiger partial charge is 0.306 e. The van der Waals surface area contributed by atoms with Gasteiger partial charge in [-0.15, -0.1) is 0 Å². The molecule has 0 aliphatic carbocycles. The number of carboxylic acid groups (broad SMARTS) is 1. The lowest BCUT2D eigenvalue weighted by atomic mass is 9.91. The van der Waals surface area contributed by atoms with E-state index in [4.69, 9.17) is 10.8 Å². The number of carbonyl (C=O) groups is 2. The molecule has 5 heteroatoms. The molecule has 3 atom stereocenters. The standard InChI is InChI=1S/C12H22N2O3/c1-8(13)3-4-11(15)14-6-5-10(12(16)17)7-9(14)2/h8-10H,3-7,13H2,1-2H3,(H,16,17). The van der Waals surface area contributed by atoms with E-state index in [9.17, 15) is 9.59 Å². The summed E-state index contributed by atoms with van der Waals surface area (Å²) in [6.07, 6.45) is 2.26. The predicted octanol–water partition coefficient (Wildman–Crippen LogP) is 0.826. The van der Waals surface area contributed by atoms with Crippen LogP contribution < -0.4 is 5.73 Å². The van der Waals surface area contributed by atoms with Gasteiger partial charge in [0.25, 0.3) is 0 Å². The summed E-state index contributed by atoms with van der Waals surface area (Å²) in [4.78, 5) is 24.6. The van der Waals surface area contributed by atoms with Crippen LogP contribution in [0.1, 0.15) is 39.5 Å². The summed E-state index contributed by atoms with van der Waals surface area (Å²) < 4.78 is 0. The van der Waals surface area contributed by atoms with Crippen LogP contribution in [0.15, 0.2) is 0 Å². The molecule has 0 spiro atoms. The Labute approximate surface area is 102 Å². The highest BCUT2D eigenvalue weighted by atomic mass is 16.4. The van der Waals surface area contributed by atoms with Crippen molar-refractivity contribution in [2.45, 2.75) is 51.6 Å². The maximum atomic E-state index is 11.9. The van der Waals surface area contributed by atoms with Crippen LogP contribution in [0, 0.1) is 5.92 Å². The molecule has 3 unspecified atom stereocenters. The zero-order chi connectivity index (χ0) is 13.0. The fourth-order valence-electron chi connectivity index (χ4n) is 2.26. The molecule has 1 fully saturated rings. The predicted molar refractivity (Wildman–Crippen MR) is 64.4 cm³/mol. The summed E-state index contributed by atoms with van der Waals surface area (Å²) >= 11 is 0. The van der Waals surface area contributed by atoms with Crippen molar-refractivity contribution in [1.82, 2.24) is 4.90 Å². The molecule has 1 aliphatic rings. The molecule has 17 heavy (non-hydrogen) atoms. The summed E-state index contributed by atoms with van der Waals surface area (Å²) in [7, 11) is 0. The summed E-state index contributed by atoms with van der Waals surface area (Å²) in [5, 5.41) is 8.94. The average Bonchev–Trinajstić information content (AvgIpc) is 2.25. The lowest BCUT2D eigenvalue weighted by Crippen LogP contribution is -2.46. The van der Waals surface area contributed by atoms with Crippen molar-refractivity contribution < 1.29 is 14.7 Å². The maximum Gasteiger partial charge on any atom is 0.306 e. The molecule has 0 bridgehead atoms. The summed E-state index contributed by atoms with van der Waals surface area (Å²) in [6, 6.07) is 0.0521. The van der Waals surface area contributed by atoms with Gasteiger partial charge in [0.1, 0.15) is 0 Å². The van der Waals surface area contributed by atoms with E-state index >= 15 is 0 Å². The Kier molecular flexibility index (Phi) is 4.93. The molecule has 1 saturated heterocycles. The van der Waals surface area contributed by atoms with Gasteiger partial charge in [-0.25, -0.2) is 0 Å². The third-order valence-electron chi connectivity index (χ3n) is 3.36. The Morgan fingerprint density at radius 3 is 2.65 bits per heavy atom. The molecule has 0 aromatic carbocycles. The van der Waals surface area contributed by atoms with Crippen LogP contribution >= 0.6 is 0 Å². The van der Waals surface area contributed by atoms with E-state index < -0.39 is 5.97 Å². The second-order valence-electron chi connectivity index (χ2n) is 5.01. The second kappa shape index (κ2) is 6.00. The monoisotopic (exact) mass is 242 g/mol. The van der Waals surface area contributed by atoms with Gasteiger partial charge in [-0.05, 0) is 33.1 Å². The SMILES string of the molecule is CC(N)CCC(=O)N1CCC(C(=O)O)CC1C. The first kappa shape index (κ1) is 14.0.